The van der Waals surface area contributed by atoms with Gasteiger partial charge >= 0.3 is 17.8 Å². The van der Waals surface area contributed by atoms with Crippen molar-refractivity contribution in [3.8, 4) is 0 Å². The van der Waals surface area contributed by atoms with Crippen LogP contribution in [0.25, 0.3) is 0 Å². The molecule has 0 aliphatic rings. The zero-order chi connectivity index (χ0) is 14.8. The monoisotopic (exact) mass is 320 g/mol. The van der Waals surface area contributed by atoms with Crippen molar-refractivity contribution in [2.75, 3.05) is 0 Å². The highest BCUT2D eigenvalue weighted by atomic mass is 28.5. The highest BCUT2D eigenvalue weighted by Gasteiger charge is 2.35. The molecular formula is C12H25F5Si2. The van der Waals surface area contributed by atoms with Gasteiger partial charge in [0, 0.05) is 6.04 Å². The van der Waals surface area contributed by atoms with Crippen LogP contribution in [0, 0.1) is 0 Å². The van der Waals surface area contributed by atoms with Gasteiger partial charge in [-0.3, -0.25) is 8.22 Å². The van der Waals surface area contributed by atoms with Crippen LogP contribution in [0.3, 0.4) is 0 Å². The molecule has 116 valence electrons. The summed E-state index contributed by atoms with van der Waals surface area (Å²) in [7, 11) is -9.48. The SMILES string of the molecule is CCCCCC[Si](F)(F)CCCCCC[Si](F)(F)F. The van der Waals surface area contributed by atoms with E-state index >= 15 is 0 Å². The van der Waals surface area contributed by atoms with Crippen molar-refractivity contribution in [2.45, 2.75) is 76.4 Å². The van der Waals surface area contributed by atoms with Crippen LogP contribution in [-0.2, 0) is 0 Å². The molecule has 0 aliphatic heterocycles. The Kier molecular flexibility index (Phi) is 9.95. The van der Waals surface area contributed by atoms with Gasteiger partial charge in [-0.1, -0.05) is 51.9 Å². The predicted molar refractivity (Wildman–Crippen MR) is 74.1 cm³/mol. The molecule has 0 aromatic heterocycles. The Morgan fingerprint density at radius 1 is 0.579 bits per heavy atom. The van der Waals surface area contributed by atoms with Crippen molar-refractivity contribution >= 4 is 17.8 Å². The summed E-state index contributed by atoms with van der Waals surface area (Å²) < 4.78 is 63.0. The van der Waals surface area contributed by atoms with E-state index in [0.29, 0.717) is 25.7 Å². The van der Waals surface area contributed by atoms with E-state index in [-0.39, 0.29) is 18.5 Å². The van der Waals surface area contributed by atoms with E-state index in [1.54, 1.807) is 0 Å². The van der Waals surface area contributed by atoms with Crippen molar-refractivity contribution in [1.29, 1.82) is 0 Å². The molecule has 0 aromatic carbocycles. The fourth-order valence-corrected chi connectivity index (χ4v) is 4.43. The third-order valence-corrected chi connectivity index (χ3v) is 6.24. The number of hydrogen-bond acceptors (Lipinski definition) is 0. The Morgan fingerprint density at radius 3 is 1.42 bits per heavy atom. The van der Waals surface area contributed by atoms with Crippen molar-refractivity contribution in [1.82, 2.24) is 0 Å². The fourth-order valence-electron chi connectivity index (χ4n) is 2.00. The van der Waals surface area contributed by atoms with Crippen LogP contribution in [0.4, 0.5) is 20.5 Å². The Labute approximate surface area is 115 Å². The molecule has 0 N–H and O–H groups in total. The molecular weight excluding hydrogens is 295 g/mol. The molecule has 0 heterocycles. The second-order valence-corrected chi connectivity index (χ2v) is 9.64. The second kappa shape index (κ2) is 9.90. The summed E-state index contributed by atoms with van der Waals surface area (Å²) in [6.07, 6.45) is 4.99. The van der Waals surface area contributed by atoms with Crippen LogP contribution < -0.4 is 0 Å². The quantitative estimate of drug-likeness (QED) is 0.170. The molecule has 0 atom stereocenters. The summed E-state index contributed by atoms with van der Waals surface area (Å²) in [4.78, 5) is 0. The van der Waals surface area contributed by atoms with Gasteiger partial charge in [0.1, 0.15) is 0 Å². The molecule has 0 rings (SSSR count). The van der Waals surface area contributed by atoms with E-state index in [0.717, 1.165) is 19.3 Å². The Morgan fingerprint density at radius 2 is 1.00 bits per heavy atom. The maximum absolute atomic E-state index is 13.5. The first-order valence-electron chi connectivity index (χ1n) is 7.21. The van der Waals surface area contributed by atoms with Gasteiger partial charge in [0.2, 0.25) is 0 Å². The molecule has 0 saturated carbocycles. The zero-order valence-electron chi connectivity index (χ0n) is 11.7. The van der Waals surface area contributed by atoms with Gasteiger partial charge in [0.25, 0.3) is 0 Å². The molecule has 0 spiro atoms. The van der Waals surface area contributed by atoms with E-state index in [2.05, 4.69) is 0 Å². The summed E-state index contributed by atoms with van der Waals surface area (Å²) in [5.41, 5.74) is 0. The van der Waals surface area contributed by atoms with Crippen molar-refractivity contribution in [2.24, 2.45) is 0 Å². The molecule has 0 aliphatic carbocycles. The largest absolute Gasteiger partial charge is 0.616 e. The van der Waals surface area contributed by atoms with Gasteiger partial charge in [0.05, 0.1) is 0 Å². The normalized spacial score (nSPS) is 12.9. The maximum atomic E-state index is 13.5. The lowest BCUT2D eigenvalue weighted by Gasteiger charge is -2.12. The Bertz CT molecular complexity index is 219. The van der Waals surface area contributed by atoms with Crippen molar-refractivity contribution < 1.29 is 20.5 Å². The van der Waals surface area contributed by atoms with E-state index in [1.807, 2.05) is 6.92 Å². The standard InChI is InChI=1S/C12H25F5Si2/c1-2-3-4-7-10-18(13,14)11-8-5-6-9-12-19(15,16)17/h2-12H2,1H3. The van der Waals surface area contributed by atoms with Gasteiger partial charge < -0.3 is 0 Å². The van der Waals surface area contributed by atoms with E-state index < -0.39 is 23.9 Å². The van der Waals surface area contributed by atoms with Gasteiger partial charge in [0.15, 0.2) is 0 Å². The molecule has 0 nitrogen and oxygen atoms in total. The van der Waals surface area contributed by atoms with Gasteiger partial charge in [-0.15, -0.1) is 0 Å². The molecule has 7 heteroatoms. The summed E-state index contributed by atoms with van der Waals surface area (Å²) in [6, 6.07) is -0.636. The lowest BCUT2D eigenvalue weighted by Crippen LogP contribution is -2.21. The molecule has 0 saturated heterocycles. The van der Waals surface area contributed by atoms with Crippen LogP contribution in [0.5, 0.6) is 0 Å². The average Bonchev–Trinajstić information content (AvgIpc) is 2.28. The summed E-state index contributed by atoms with van der Waals surface area (Å²) in [5.74, 6) is 0. The maximum Gasteiger partial charge on any atom is 0.616 e. The van der Waals surface area contributed by atoms with Crippen LogP contribution >= 0.6 is 0 Å². The van der Waals surface area contributed by atoms with Crippen LogP contribution in [0.15, 0.2) is 0 Å². The summed E-state index contributed by atoms with van der Waals surface area (Å²) in [5, 5.41) is 0. The highest BCUT2D eigenvalue weighted by Crippen LogP contribution is 2.26. The molecule has 0 radical (unpaired) electrons. The molecule has 0 bridgehead atoms. The third-order valence-electron chi connectivity index (χ3n) is 3.15. The van der Waals surface area contributed by atoms with Crippen molar-refractivity contribution in [3.63, 3.8) is 0 Å². The minimum Gasteiger partial charge on any atom is -0.270 e. The highest BCUT2D eigenvalue weighted by molar-refractivity contribution is 6.66. The molecule has 0 unspecified atom stereocenters. The van der Waals surface area contributed by atoms with E-state index in [9.17, 15) is 20.5 Å². The van der Waals surface area contributed by atoms with E-state index in [4.69, 9.17) is 0 Å². The van der Waals surface area contributed by atoms with Gasteiger partial charge in [-0.2, -0.15) is 0 Å². The number of unbranched alkanes of at least 4 members (excludes halogenated alkanes) is 6. The average molecular weight is 320 g/mol. The van der Waals surface area contributed by atoms with Crippen LogP contribution in [-0.4, -0.2) is 17.8 Å². The molecule has 19 heavy (non-hydrogen) atoms. The smallest absolute Gasteiger partial charge is 0.270 e. The minimum absolute atomic E-state index is 0.0391. The van der Waals surface area contributed by atoms with Gasteiger partial charge in [-0.05, 0) is 18.5 Å². The molecule has 0 fully saturated rings. The summed E-state index contributed by atoms with van der Waals surface area (Å²) in [6.45, 7) is 2.04. The Balaban J connectivity index is 3.47. The first-order chi connectivity index (χ1) is 8.77. The van der Waals surface area contributed by atoms with Gasteiger partial charge in [-0.25, -0.2) is 12.3 Å². The van der Waals surface area contributed by atoms with Crippen LogP contribution in [0.1, 0.15) is 58.3 Å². The number of halogens is 5. The lowest BCUT2D eigenvalue weighted by atomic mass is 10.2. The first kappa shape index (κ1) is 19.1. The second-order valence-electron chi connectivity index (χ2n) is 5.20. The number of hydrogen-bond donors (Lipinski definition) is 0. The fraction of sp³-hybridized carbons (Fsp3) is 1.00. The molecule has 0 amide bonds. The zero-order valence-corrected chi connectivity index (χ0v) is 13.7. The number of rotatable bonds is 12. The first-order valence-corrected chi connectivity index (χ1v) is 11.2. The third kappa shape index (κ3) is 14.3. The molecule has 0 aromatic rings. The Hall–Kier alpha value is 0.0838. The minimum atomic E-state index is -5.42. The predicted octanol–water partition coefficient (Wildman–Crippen LogP) is 6.36. The van der Waals surface area contributed by atoms with E-state index in [1.165, 1.54) is 0 Å². The van der Waals surface area contributed by atoms with Crippen LogP contribution in [0.2, 0.25) is 18.1 Å². The topological polar surface area (TPSA) is 0 Å². The lowest BCUT2D eigenvalue weighted by molar-refractivity contribution is 0.459. The summed E-state index contributed by atoms with van der Waals surface area (Å²) >= 11 is 0. The van der Waals surface area contributed by atoms with Crippen molar-refractivity contribution in [3.05, 3.63) is 0 Å².